The van der Waals surface area contributed by atoms with E-state index in [4.69, 9.17) is 11.6 Å². The first-order chi connectivity index (χ1) is 7.97. The Balaban J connectivity index is 2.78. The zero-order valence-electron chi connectivity index (χ0n) is 9.39. The van der Waals surface area contributed by atoms with Crippen LogP contribution in [0.5, 0.6) is 0 Å². The van der Waals surface area contributed by atoms with Crippen LogP contribution >= 0.6 is 11.6 Å². The molecule has 1 atom stereocenters. The Bertz CT molecular complexity index is 355. The predicted molar refractivity (Wildman–Crippen MR) is 62.3 cm³/mol. The lowest BCUT2D eigenvalue weighted by molar-refractivity contribution is -0.141. The molecule has 2 nitrogen and oxygen atoms in total. The maximum absolute atomic E-state index is 12.4. The van der Waals surface area contributed by atoms with Gasteiger partial charge in [-0.25, -0.2) is 4.98 Å². The third-order valence-corrected chi connectivity index (χ3v) is 2.56. The van der Waals surface area contributed by atoms with E-state index in [0.717, 1.165) is 12.5 Å². The Hall–Kier alpha value is -0.970. The first kappa shape index (κ1) is 14.1. The Morgan fingerprint density at radius 3 is 2.65 bits per heavy atom. The third kappa shape index (κ3) is 4.42. The largest absolute Gasteiger partial charge is 0.433 e. The minimum Gasteiger partial charge on any atom is -0.367 e. The maximum Gasteiger partial charge on any atom is 0.433 e. The van der Waals surface area contributed by atoms with Crippen LogP contribution in [-0.2, 0) is 6.18 Å². The Morgan fingerprint density at radius 1 is 1.41 bits per heavy atom. The number of rotatable bonds is 5. The lowest BCUT2D eigenvalue weighted by atomic mass is 10.2. The van der Waals surface area contributed by atoms with E-state index in [2.05, 4.69) is 10.3 Å². The highest BCUT2D eigenvalue weighted by molar-refractivity contribution is 6.17. The monoisotopic (exact) mass is 266 g/mol. The first-order valence-corrected chi connectivity index (χ1v) is 5.87. The number of pyridine rings is 1. The van der Waals surface area contributed by atoms with Crippen LogP contribution in [0.2, 0.25) is 0 Å². The number of hydrogen-bond donors (Lipinski definition) is 1. The van der Waals surface area contributed by atoms with Gasteiger partial charge in [0.1, 0.15) is 11.5 Å². The van der Waals surface area contributed by atoms with Crippen LogP contribution < -0.4 is 5.32 Å². The van der Waals surface area contributed by atoms with Crippen LogP contribution in [0.3, 0.4) is 0 Å². The number of hydrogen-bond acceptors (Lipinski definition) is 2. The van der Waals surface area contributed by atoms with Gasteiger partial charge >= 0.3 is 6.18 Å². The fourth-order valence-electron chi connectivity index (χ4n) is 1.39. The van der Waals surface area contributed by atoms with Crippen molar-refractivity contribution < 1.29 is 13.2 Å². The summed E-state index contributed by atoms with van der Waals surface area (Å²) in [6.45, 7) is 1.94. The molecule has 1 N–H and O–H groups in total. The third-order valence-electron chi connectivity index (χ3n) is 2.34. The molecule has 1 heterocycles. The molecule has 0 aliphatic carbocycles. The van der Waals surface area contributed by atoms with Gasteiger partial charge in [0.15, 0.2) is 0 Å². The molecule has 17 heavy (non-hydrogen) atoms. The fraction of sp³-hybridized carbons (Fsp3) is 0.545. The quantitative estimate of drug-likeness (QED) is 0.817. The standard InChI is InChI=1S/C11H14ClF3N2/c1-2-8(6-7-12)16-10-5-3-4-9(17-10)11(13,14)15/h3-5,8H,2,6-7H2,1H3,(H,16,17). The summed E-state index contributed by atoms with van der Waals surface area (Å²) in [4.78, 5) is 3.53. The summed E-state index contributed by atoms with van der Waals surface area (Å²) in [7, 11) is 0. The first-order valence-electron chi connectivity index (χ1n) is 5.34. The number of aromatic nitrogens is 1. The zero-order valence-corrected chi connectivity index (χ0v) is 10.1. The topological polar surface area (TPSA) is 24.9 Å². The SMILES string of the molecule is CCC(CCCl)Nc1cccc(C(F)(F)F)n1. The van der Waals surface area contributed by atoms with Gasteiger partial charge in [-0.2, -0.15) is 13.2 Å². The summed E-state index contributed by atoms with van der Waals surface area (Å²) < 4.78 is 37.3. The molecule has 1 rings (SSSR count). The summed E-state index contributed by atoms with van der Waals surface area (Å²) in [5.74, 6) is 0.696. The van der Waals surface area contributed by atoms with Gasteiger partial charge in [-0.1, -0.05) is 13.0 Å². The van der Waals surface area contributed by atoms with Gasteiger partial charge in [0.2, 0.25) is 0 Å². The second kappa shape index (κ2) is 6.10. The van der Waals surface area contributed by atoms with Gasteiger partial charge in [0, 0.05) is 11.9 Å². The predicted octanol–water partition coefficient (Wildman–Crippen LogP) is 3.92. The van der Waals surface area contributed by atoms with E-state index in [1.807, 2.05) is 6.92 Å². The van der Waals surface area contributed by atoms with E-state index in [-0.39, 0.29) is 11.9 Å². The maximum atomic E-state index is 12.4. The molecule has 0 saturated carbocycles. The van der Waals surface area contributed by atoms with Crippen molar-refractivity contribution in [1.82, 2.24) is 4.98 Å². The van der Waals surface area contributed by atoms with E-state index in [1.54, 1.807) is 0 Å². The lowest BCUT2D eigenvalue weighted by Crippen LogP contribution is -2.20. The molecule has 0 bridgehead atoms. The van der Waals surface area contributed by atoms with Crippen LogP contribution in [0.1, 0.15) is 25.5 Å². The van der Waals surface area contributed by atoms with Crippen molar-refractivity contribution in [2.24, 2.45) is 0 Å². The van der Waals surface area contributed by atoms with Crippen molar-refractivity contribution in [2.45, 2.75) is 32.0 Å². The van der Waals surface area contributed by atoms with Gasteiger partial charge in [0.25, 0.3) is 0 Å². The van der Waals surface area contributed by atoms with Crippen LogP contribution in [0, 0.1) is 0 Å². The molecule has 96 valence electrons. The molecule has 0 spiro atoms. The smallest absolute Gasteiger partial charge is 0.367 e. The van der Waals surface area contributed by atoms with E-state index in [0.29, 0.717) is 12.3 Å². The van der Waals surface area contributed by atoms with Crippen molar-refractivity contribution in [3.63, 3.8) is 0 Å². The highest BCUT2D eigenvalue weighted by atomic mass is 35.5. The number of anilines is 1. The van der Waals surface area contributed by atoms with Gasteiger partial charge in [-0.15, -0.1) is 11.6 Å². The van der Waals surface area contributed by atoms with Crippen molar-refractivity contribution in [2.75, 3.05) is 11.2 Å². The summed E-state index contributed by atoms with van der Waals surface area (Å²) in [6, 6.07) is 3.86. The minimum atomic E-state index is -4.41. The van der Waals surface area contributed by atoms with E-state index >= 15 is 0 Å². The highest BCUT2D eigenvalue weighted by Crippen LogP contribution is 2.28. The normalized spacial score (nSPS) is 13.5. The second-order valence-corrected chi connectivity index (χ2v) is 4.01. The van der Waals surface area contributed by atoms with E-state index < -0.39 is 11.9 Å². The van der Waals surface area contributed by atoms with Gasteiger partial charge in [0.05, 0.1) is 0 Å². The van der Waals surface area contributed by atoms with Crippen molar-refractivity contribution in [3.8, 4) is 0 Å². The highest BCUT2D eigenvalue weighted by Gasteiger charge is 2.32. The summed E-state index contributed by atoms with van der Waals surface area (Å²) in [5, 5.41) is 2.95. The number of alkyl halides is 4. The molecule has 1 aromatic rings. The summed E-state index contributed by atoms with van der Waals surface area (Å²) in [6.07, 6.45) is -2.94. The number of halogens is 4. The van der Waals surface area contributed by atoms with Gasteiger partial charge in [-0.05, 0) is 25.0 Å². The van der Waals surface area contributed by atoms with E-state index in [9.17, 15) is 13.2 Å². The Labute approximate surface area is 103 Å². The Morgan fingerprint density at radius 2 is 2.12 bits per heavy atom. The van der Waals surface area contributed by atoms with Crippen molar-refractivity contribution >= 4 is 17.4 Å². The van der Waals surface area contributed by atoms with Crippen LogP contribution in [0.15, 0.2) is 18.2 Å². The molecule has 0 fully saturated rings. The fourth-order valence-corrected chi connectivity index (χ4v) is 1.66. The molecule has 0 aliphatic heterocycles. The molecule has 0 aliphatic rings. The van der Waals surface area contributed by atoms with E-state index in [1.165, 1.54) is 12.1 Å². The van der Waals surface area contributed by atoms with Crippen LogP contribution in [0.25, 0.3) is 0 Å². The molecule has 0 amide bonds. The molecular weight excluding hydrogens is 253 g/mol. The molecule has 6 heteroatoms. The molecule has 0 saturated heterocycles. The van der Waals surface area contributed by atoms with Crippen LogP contribution in [-0.4, -0.2) is 16.9 Å². The Kier molecular flexibility index (Phi) is 5.05. The molecular formula is C11H14ClF3N2. The van der Waals surface area contributed by atoms with Gasteiger partial charge < -0.3 is 5.32 Å². The minimum absolute atomic E-state index is 0.0449. The molecule has 1 aromatic heterocycles. The van der Waals surface area contributed by atoms with Crippen LogP contribution in [0.4, 0.5) is 19.0 Å². The van der Waals surface area contributed by atoms with Gasteiger partial charge in [-0.3, -0.25) is 0 Å². The number of nitrogens with one attached hydrogen (secondary N) is 1. The average Bonchev–Trinajstić information content (AvgIpc) is 2.28. The average molecular weight is 267 g/mol. The molecule has 0 aromatic carbocycles. The lowest BCUT2D eigenvalue weighted by Gasteiger charge is -2.17. The van der Waals surface area contributed by atoms with Crippen molar-refractivity contribution in [3.05, 3.63) is 23.9 Å². The van der Waals surface area contributed by atoms with Crippen molar-refractivity contribution in [1.29, 1.82) is 0 Å². The zero-order chi connectivity index (χ0) is 12.9. The number of nitrogens with zero attached hydrogens (tertiary/aromatic N) is 1. The summed E-state index contributed by atoms with van der Waals surface area (Å²) >= 11 is 5.60. The molecule has 0 radical (unpaired) electrons. The second-order valence-electron chi connectivity index (χ2n) is 3.63. The molecule has 1 unspecified atom stereocenters. The summed E-state index contributed by atoms with van der Waals surface area (Å²) in [5.41, 5.74) is -0.886.